The molecule has 3 aliphatic rings. The van der Waals surface area contributed by atoms with E-state index in [-0.39, 0.29) is 5.91 Å². The topological polar surface area (TPSA) is 67.8 Å². The van der Waals surface area contributed by atoms with Crippen LogP contribution in [0.1, 0.15) is 49.0 Å². The first kappa shape index (κ1) is 16.7. The summed E-state index contributed by atoms with van der Waals surface area (Å²) in [6.45, 7) is 4.61. The molecule has 0 unspecified atom stereocenters. The fourth-order valence-electron chi connectivity index (χ4n) is 3.91. The molecule has 0 bridgehead atoms. The molecule has 3 fully saturated rings. The maximum Gasteiger partial charge on any atom is 0.274 e. The lowest BCUT2D eigenvalue weighted by atomic mass is 10.0. The van der Waals surface area contributed by atoms with Crippen molar-refractivity contribution in [2.45, 2.75) is 44.3 Å². The minimum atomic E-state index is -0.459. The van der Waals surface area contributed by atoms with Crippen LogP contribution in [0, 0.1) is 0 Å². The van der Waals surface area contributed by atoms with Gasteiger partial charge in [-0.25, -0.2) is 0 Å². The van der Waals surface area contributed by atoms with E-state index in [1.54, 1.807) is 0 Å². The molecule has 7 heteroatoms. The van der Waals surface area contributed by atoms with Crippen molar-refractivity contribution >= 4 is 11.7 Å². The van der Waals surface area contributed by atoms with E-state index in [0.29, 0.717) is 32.0 Å². The summed E-state index contributed by atoms with van der Waals surface area (Å²) in [6, 6.07) is 3.74. The van der Waals surface area contributed by atoms with Gasteiger partial charge in [-0.05, 0) is 25.0 Å². The van der Waals surface area contributed by atoms with Crippen LogP contribution in [0.25, 0.3) is 0 Å². The minimum Gasteiger partial charge on any atom is -0.355 e. The highest BCUT2D eigenvalue weighted by atomic mass is 16.7. The number of anilines is 1. The zero-order chi connectivity index (χ0) is 17.1. The Morgan fingerprint density at radius 3 is 2.20 bits per heavy atom. The van der Waals surface area contributed by atoms with Gasteiger partial charge in [-0.2, -0.15) is 0 Å². The Bertz CT molecular complexity index is 583. The Hall–Kier alpha value is -1.73. The number of aromatic nitrogens is 2. The number of carbonyl (C=O) groups is 1. The third-order valence-corrected chi connectivity index (χ3v) is 5.43. The van der Waals surface area contributed by atoms with Gasteiger partial charge >= 0.3 is 0 Å². The van der Waals surface area contributed by atoms with E-state index in [0.717, 1.165) is 31.7 Å². The van der Waals surface area contributed by atoms with Crippen molar-refractivity contribution < 1.29 is 14.3 Å². The first-order valence-corrected chi connectivity index (χ1v) is 9.42. The highest BCUT2D eigenvalue weighted by Crippen LogP contribution is 2.31. The summed E-state index contributed by atoms with van der Waals surface area (Å²) in [5, 5.41) is 8.51. The number of amides is 1. The van der Waals surface area contributed by atoms with Gasteiger partial charge in [0.1, 0.15) is 0 Å². The third-order valence-electron chi connectivity index (χ3n) is 5.43. The summed E-state index contributed by atoms with van der Waals surface area (Å²) >= 11 is 0. The van der Waals surface area contributed by atoms with E-state index < -0.39 is 5.79 Å². The van der Waals surface area contributed by atoms with Gasteiger partial charge in [0.15, 0.2) is 17.3 Å². The zero-order valence-electron chi connectivity index (χ0n) is 14.7. The van der Waals surface area contributed by atoms with Gasteiger partial charge < -0.3 is 19.3 Å². The smallest absolute Gasteiger partial charge is 0.274 e. The predicted molar refractivity (Wildman–Crippen MR) is 92.5 cm³/mol. The molecule has 0 saturated carbocycles. The van der Waals surface area contributed by atoms with Crippen molar-refractivity contribution in [3.8, 4) is 0 Å². The fraction of sp³-hybridized carbons (Fsp3) is 0.722. The van der Waals surface area contributed by atoms with Crippen LogP contribution in [0.2, 0.25) is 0 Å². The number of rotatable bonds is 2. The molecule has 4 heterocycles. The van der Waals surface area contributed by atoms with Crippen molar-refractivity contribution in [2.75, 3.05) is 44.3 Å². The molecular formula is C18H26N4O3. The lowest BCUT2D eigenvalue weighted by Gasteiger charge is -2.37. The molecule has 0 aliphatic carbocycles. The van der Waals surface area contributed by atoms with Crippen molar-refractivity contribution in [1.29, 1.82) is 0 Å². The van der Waals surface area contributed by atoms with Gasteiger partial charge in [0.05, 0.1) is 13.2 Å². The van der Waals surface area contributed by atoms with Gasteiger partial charge in [0, 0.05) is 39.0 Å². The van der Waals surface area contributed by atoms with E-state index >= 15 is 0 Å². The largest absolute Gasteiger partial charge is 0.355 e. The Balaban J connectivity index is 1.37. The maximum atomic E-state index is 12.7. The molecule has 1 amide bonds. The molecule has 25 heavy (non-hydrogen) atoms. The second-order valence-corrected chi connectivity index (χ2v) is 7.08. The zero-order valence-corrected chi connectivity index (χ0v) is 14.7. The summed E-state index contributed by atoms with van der Waals surface area (Å²) in [5.74, 6) is 0.366. The first-order chi connectivity index (χ1) is 12.3. The molecule has 136 valence electrons. The molecule has 3 aliphatic heterocycles. The Morgan fingerprint density at radius 2 is 1.60 bits per heavy atom. The lowest BCUT2D eigenvalue weighted by Crippen LogP contribution is -2.47. The molecule has 1 aromatic heterocycles. The van der Waals surface area contributed by atoms with Crippen LogP contribution in [-0.4, -0.2) is 66.2 Å². The Labute approximate surface area is 148 Å². The fourth-order valence-corrected chi connectivity index (χ4v) is 3.91. The van der Waals surface area contributed by atoms with Crippen LogP contribution >= 0.6 is 0 Å². The number of ether oxygens (including phenoxy) is 2. The minimum absolute atomic E-state index is 0.0530. The molecule has 0 radical (unpaired) electrons. The average molecular weight is 346 g/mol. The molecule has 0 aromatic carbocycles. The van der Waals surface area contributed by atoms with E-state index in [2.05, 4.69) is 15.1 Å². The van der Waals surface area contributed by atoms with Crippen LogP contribution in [0.15, 0.2) is 12.1 Å². The van der Waals surface area contributed by atoms with Gasteiger partial charge in [-0.15, -0.1) is 10.2 Å². The summed E-state index contributed by atoms with van der Waals surface area (Å²) in [4.78, 5) is 16.8. The van der Waals surface area contributed by atoms with Gasteiger partial charge in [0.25, 0.3) is 5.91 Å². The number of likely N-dealkylation sites (tertiary alicyclic amines) is 1. The predicted octanol–water partition coefficient (Wildman–Crippen LogP) is 1.84. The van der Waals surface area contributed by atoms with Crippen molar-refractivity contribution in [3.63, 3.8) is 0 Å². The number of hydrogen-bond acceptors (Lipinski definition) is 6. The summed E-state index contributed by atoms with van der Waals surface area (Å²) in [6.07, 6.45) is 6.40. The van der Waals surface area contributed by atoms with Gasteiger partial charge in [0.2, 0.25) is 0 Å². The van der Waals surface area contributed by atoms with E-state index in [1.165, 1.54) is 25.7 Å². The Kier molecular flexibility index (Phi) is 4.85. The van der Waals surface area contributed by atoms with Crippen LogP contribution in [-0.2, 0) is 9.47 Å². The highest BCUT2D eigenvalue weighted by molar-refractivity contribution is 5.92. The SMILES string of the molecule is O=C(c1ccc(N2CCCCCC2)nn1)N1CCC2(CC1)OCCO2. The van der Waals surface area contributed by atoms with Crippen LogP contribution in [0.3, 0.4) is 0 Å². The number of piperidine rings is 1. The highest BCUT2D eigenvalue weighted by Gasteiger charge is 2.41. The third kappa shape index (κ3) is 3.62. The first-order valence-electron chi connectivity index (χ1n) is 9.42. The monoisotopic (exact) mass is 346 g/mol. The average Bonchev–Trinajstić information content (AvgIpc) is 2.94. The van der Waals surface area contributed by atoms with E-state index in [4.69, 9.17) is 9.47 Å². The van der Waals surface area contributed by atoms with Crippen molar-refractivity contribution in [3.05, 3.63) is 17.8 Å². The second-order valence-electron chi connectivity index (χ2n) is 7.08. The standard InChI is InChI=1S/C18H26N4O3/c23-17(22-11-7-18(8-12-22)24-13-14-25-18)15-5-6-16(20-19-15)21-9-3-1-2-4-10-21/h5-6H,1-4,7-14H2. The summed E-state index contributed by atoms with van der Waals surface area (Å²) in [7, 11) is 0. The maximum absolute atomic E-state index is 12.7. The second kappa shape index (κ2) is 7.25. The van der Waals surface area contributed by atoms with Crippen LogP contribution in [0.4, 0.5) is 5.82 Å². The molecule has 3 saturated heterocycles. The quantitative estimate of drug-likeness (QED) is 0.814. The molecule has 4 rings (SSSR count). The summed E-state index contributed by atoms with van der Waals surface area (Å²) < 4.78 is 11.4. The van der Waals surface area contributed by atoms with Crippen LogP contribution in [0.5, 0.6) is 0 Å². The number of nitrogens with zero attached hydrogens (tertiary/aromatic N) is 4. The van der Waals surface area contributed by atoms with E-state index in [1.807, 2.05) is 17.0 Å². The molecule has 1 aromatic rings. The molecule has 0 atom stereocenters. The normalized spacial score (nSPS) is 23.7. The molecule has 0 N–H and O–H groups in total. The number of hydrogen-bond donors (Lipinski definition) is 0. The van der Waals surface area contributed by atoms with Crippen molar-refractivity contribution in [2.24, 2.45) is 0 Å². The van der Waals surface area contributed by atoms with E-state index in [9.17, 15) is 4.79 Å². The molecular weight excluding hydrogens is 320 g/mol. The van der Waals surface area contributed by atoms with Crippen LogP contribution < -0.4 is 4.90 Å². The molecule has 1 spiro atoms. The summed E-state index contributed by atoms with van der Waals surface area (Å²) in [5.41, 5.74) is 0.419. The Morgan fingerprint density at radius 1 is 0.920 bits per heavy atom. The lowest BCUT2D eigenvalue weighted by molar-refractivity contribution is -0.181. The van der Waals surface area contributed by atoms with Gasteiger partial charge in [-0.1, -0.05) is 12.8 Å². The number of carbonyl (C=O) groups excluding carboxylic acids is 1. The van der Waals surface area contributed by atoms with Gasteiger partial charge in [-0.3, -0.25) is 4.79 Å². The van der Waals surface area contributed by atoms with Crippen molar-refractivity contribution in [1.82, 2.24) is 15.1 Å². The molecule has 7 nitrogen and oxygen atoms in total.